The minimum Gasteiger partial charge on any atom is -0.495 e. The van der Waals surface area contributed by atoms with E-state index in [1.165, 1.54) is 0 Å². The van der Waals surface area contributed by atoms with Gasteiger partial charge < -0.3 is 19.4 Å². The third kappa shape index (κ3) is 4.35. The maximum atomic E-state index is 12.8. The van der Waals surface area contributed by atoms with Crippen LogP contribution >= 0.6 is 11.6 Å². The molecule has 1 aromatic carbocycles. The third-order valence-corrected chi connectivity index (χ3v) is 5.19. The highest BCUT2D eigenvalue weighted by Gasteiger charge is 2.27. The van der Waals surface area contributed by atoms with Crippen molar-refractivity contribution in [2.75, 3.05) is 30.4 Å². The van der Waals surface area contributed by atoms with Gasteiger partial charge in [0.25, 0.3) is 0 Å². The number of halogens is 1. The molecule has 1 atom stereocenters. The molecule has 1 aliphatic heterocycles. The van der Waals surface area contributed by atoms with Crippen molar-refractivity contribution in [1.82, 2.24) is 10.2 Å². The summed E-state index contributed by atoms with van der Waals surface area (Å²) in [6.07, 6.45) is 3.31. The molecule has 1 amide bonds. The zero-order valence-electron chi connectivity index (χ0n) is 16.0. The van der Waals surface area contributed by atoms with Gasteiger partial charge in [0.05, 0.1) is 25.0 Å². The van der Waals surface area contributed by atoms with E-state index in [1.54, 1.807) is 31.6 Å². The first-order chi connectivity index (χ1) is 14.1. The largest absolute Gasteiger partial charge is 0.495 e. The Balaban J connectivity index is 1.44. The summed E-state index contributed by atoms with van der Waals surface area (Å²) in [7, 11) is 1.56. The van der Waals surface area contributed by atoms with Crippen molar-refractivity contribution >= 4 is 29.0 Å². The molecule has 1 N–H and O–H groups in total. The number of ether oxygens (including phenoxy) is 1. The van der Waals surface area contributed by atoms with Gasteiger partial charge in [-0.25, -0.2) is 0 Å². The molecule has 0 unspecified atom stereocenters. The van der Waals surface area contributed by atoms with Crippen LogP contribution in [-0.2, 0) is 4.79 Å². The second-order valence-corrected chi connectivity index (χ2v) is 7.31. The van der Waals surface area contributed by atoms with Crippen molar-refractivity contribution in [2.24, 2.45) is 5.92 Å². The number of benzene rings is 1. The Hall–Kier alpha value is -3.06. The lowest BCUT2D eigenvalue weighted by Crippen LogP contribution is -2.41. The van der Waals surface area contributed by atoms with Gasteiger partial charge in [0.15, 0.2) is 11.6 Å². The van der Waals surface area contributed by atoms with E-state index in [1.807, 2.05) is 24.3 Å². The van der Waals surface area contributed by atoms with Crippen LogP contribution in [0.2, 0.25) is 5.02 Å². The van der Waals surface area contributed by atoms with Crippen LogP contribution in [0.25, 0.3) is 11.5 Å². The van der Waals surface area contributed by atoms with Gasteiger partial charge in [-0.15, -0.1) is 10.2 Å². The lowest BCUT2D eigenvalue weighted by Gasteiger charge is -2.32. The molecular formula is C21H21ClN4O3. The number of hydrogen-bond acceptors (Lipinski definition) is 6. The van der Waals surface area contributed by atoms with Crippen molar-refractivity contribution in [3.63, 3.8) is 0 Å². The van der Waals surface area contributed by atoms with E-state index >= 15 is 0 Å². The number of nitrogens with one attached hydrogen (secondary N) is 1. The van der Waals surface area contributed by atoms with Crippen LogP contribution in [0.5, 0.6) is 5.75 Å². The number of piperidine rings is 1. The number of aromatic nitrogens is 2. The predicted octanol–water partition coefficient (Wildman–Crippen LogP) is 4.25. The zero-order valence-corrected chi connectivity index (χ0v) is 16.7. The first kappa shape index (κ1) is 19.3. The Morgan fingerprint density at radius 1 is 1.28 bits per heavy atom. The number of carbonyl (C=O) groups is 1. The van der Waals surface area contributed by atoms with E-state index in [0.717, 1.165) is 25.2 Å². The van der Waals surface area contributed by atoms with Gasteiger partial charge >= 0.3 is 0 Å². The van der Waals surface area contributed by atoms with Crippen molar-refractivity contribution in [1.29, 1.82) is 0 Å². The monoisotopic (exact) mass is 412 g/mol. The van der Waals surface area contributed by atoms with Crippen LogP contribution in [0, 0.1) is 5.92 Å². The first-order valence-corrected chi connectivity index (χ1v) is 9.79. The molecule has 150 valence electrons. The Labute approximate surface area is 173 Å². The van der Waals surface area contributed by atoms with Gasteiger partial charge in [-0.05, 0) is 55.3 Å². The molecule has 0 aliphatic carbocycles. The van der Waals surface area contributed by atoms with E-state index in [4.69, 9.17) is 20.8 Å². The fraction of sp³-hybridized carbons (Fsp3) is 0.286. The molecule has 0 bridgehead atoms. The first-order valence-electron chi connectivity index (χ1n) is 9.41. The Morgan fingerprint density at radius 3 is 2.90 bits per heavy atom. The number of methoxy groups -OCH3 is 1. The smallest absolute Gasteiger partial charge is 0.229 e. The minimum atomic E-state index is -0.168. The second-order valence-electron chi connectivity index (χ2n) is 6.87. The van der Waals surface area contributed by atoms with Crippen molar-refractivity contribution in [3.8, 4) is 17.2 Å². The number of hydrogen-bond donors (Lipinski definition) is 1. The normalized spacial score (nSPS) is 16.5. The summed E-state index contributed by atoms with van der Waals surface area (Å²) in [5.74, 6) is 1.78. The summed E-state index contributed by atoms with van der Waals surface area (Å²) in [5, 5.41) is 12.1. The summed E-state index contributed by atoms with van der Waals surface area (Å²) < 4.78 is 10.7. The average molecular weight is 413 g/mol. The van der Waals surface area contributed by atoms with E-state index < -0.39 is 0 Å². The molecule has 3 heterocycles. The SMILES string of the molecule is COc1ccc(Cl)cc1NC(=O)[C@H]1CCCN(c2ccc(-c3ccco3)nn2)C1. The molecule has 0 saturated carbocycles. The van der Waals surface area contributed by atoms with Crippen molar-refractivity contribution in [2.45, 2.75) is 12.8 Å². The standard InChI is InChI=1S/C21H21ClN4O3/c1-28-18-8-6-15(22)12-17(18)23-21(27)14-4-2-10-26(13-14)20-9-7-16(24-25-20)19-5-3-11-29-19/h3,5-9,11-12,14H,2,4,10,13H2,1H3,(H,23,27)/t14-/m0/s1. The van der Waals surface area contributed by atoms with Crippen LogP contribution < -0.4 is 15.0 Å². The average Bonchev–Trinajstić information content (AvgIpc) is 3.29. The predicted molar refractivity (Wildman–Crippen MR) is 111 cm³/mol. The van der Waals surface area contributed by atoms with Gasteiger partial charge in [-0.3, -0.25) is 4.79 Å². The third-order valence-electron chi connectivity index (χ3n) is 4.96. The van der Waals surface area contributed by atoms with Crippen LogP contribution in [0.3, 0.4) is 0 Å². The highest BCUT2D eigenvalue weighted by atomic mass is 35.5. The number of carbonyl (C=O) groups excluding carboxylic acids is 1. The fourth-order valence-electron chi connectivity index (χ4n) is 3.46. The number of nitrogens with zero attached hydrogens (tertiary/aromatic N) is 3. The molecule has 0 spiro atoms. The molecular weight excluding hydrogens is 392 g/mol. The van der Waals surface area contributed by atoms with Crippen molar-refractivity contribution < 1.29 is 13.9 Å². The summed E-state index contributed by atoms with van der Waals surface area (Å²) in [6.45, 7) is 1.41. The summed E-state index contributed by atoms with van der Waals surface area (Å²) in [4.78, 5) is 14.9. The molecule has 1 aliphatic rings. The van der Waals surface area contributed by atoms with Gasteiger partial charge in [-0.1, -0.05) is 11.6 Å². The molecule has 8 heteroatoms. The summed E-state index contributed by atoms with van der Waals surface area (Å²) in [6, 6.07) is 12.6. The second kappa shape index (κ2) is 8.53. The van der Waals surface area contributed by atoms with Crippen LogP contribution in [0.15, 0.2) is 53.1 Å². The van der Waals surface area contributed by atoms with Gasteiger partial charge in [0.1, 0.15) is 11.4 Å². The van der Waals surface area contributed by atoms with Crippen molar-refractivity contribution in [3.05, 3.63) is 53.8 Å². The van der Waals surface area contributed by atoms with Crippen LogP contribution in [0.4, 0.5) is 11.5 Å². The topological polar surface area (TPSA) is 80.5 Å². The van der Waals surface area contributed by atoms with E-state index in [-0.39, 0.29) is 11.8 Å². The van der Waals surface area contributed by atoms with Gasteiger partial charge in [-0.2, -0.15) is 0 Å². The quantitative estimate of drug-likeness (QED) is 0.674. The highest BCUT2D eigenvalue weighted by molar-refractivity contribution is 6.31. The lowest BCUT2D eigenvalue weighted by atomic mass is 9.97. The number of anilines is 2. The van der Waals surface area contributed by atoms with Crippen LogP contribution in [-0.4, -0.2) is 36.3 Å². The lowest BCUT2D eigenvalue weighted by molar-refractivity contribution is -0.120. The van der Waals surface area contributed by atoms with Gasteiger partial charge in [0.2, 0.25) is 5.91 Å². The Kier molecular flexibility index (Phi) is 5.67. The molecule has 0 radical (unpaired) electrons. The van der Waals surface area contributed by atoms with E-state index in [2.05, 4.69) is 20.4 Å². The van der Waals surface area contributed by atoms with Crippen LogP contribution in [0.1, 0.15) is 12.8 Å². The minimum absolute atomic E-state index is 0.0598. The molecule has 1 fully saturated rings. The number of furan rings is 1. The van der Waals surface area contributed by atoms with E-state index in [9.17, 15) is 4.79 Å². The molecule has 7 nitrogen and oxygen atoms in total. The molecule has 3 aromatic rings. The number of rotatable bonds is 5. The maximum Gasteiger partial charge on any atom is 0.229 e. The summed E-state index contributed by atoms with van der Waals surface area (Å²) >= 11 is 6.06. The zero-order chi connectivity index (χ0) is 20.2. The fourth-order valence-corrected chi connectivity index (χ4v) is 3.63. The summed E-state index contributed by atoms with van der Waals surface area (Å²) in [5.41, 5.74) is 1.25. The molecule has 2 aromatic heterocycles. The van der Waals surface area contributed by atoms with E-state index in [0.29, 0.717) is 34.5 Å². The Morgan fingerprint density at radius 2 is 2.17 bits per heavy atom. The number of amides is 1. The molecule has 1 saturated heterocycles. The maximum absolute atomic E-state index is 12.8. The molecule has 4 rings (SSSR count). The molecule has 29 heavy (non-hydrogen) atoms. The highest BCUT2D eigenvalue weighted by Crippen LogP contribution is 2.29. The Bertz CT molecular complexity index is 976. The van der Waals surface area contributed by atoms with Gasteiger partial charge in [0, 0.05) is 18.1 Å².